The van der Waals surface area contributed by atoms with Gasteiger partial charge in [-0.25, -0.2) is 4.79 Å². The number of esters is 3. The first-order valence-corrected chi connectivity index (χ1v) is 6.18. The van der Waals surface area contributed by atoms with Crippen LogP contribution in [0.3, 0.4) is 0 Å². The molecule has 3 unspecified atom stereocenters. The molecule has 0 aromatic rings. The SMILES string of the molecule is CCCC1OC(=O)CC2(O)CC(=O)OC1(C=O)OC2=O. The zero-order valence-electron chi connectivity index (χ0n) is 10.8. The van der Waals surface area contributed by atoms with Crippen molar-refractivity contribution in [1.29, 1.82) is 0 Å². The Morgan fingerprint density at radius 3 is 2.50 bits per heavy atom. The highest BCUT2D eigenvalue weighted by molar-refractivity contribution is 5.94. The van der Waals surface area contributed by atoms with E-state index in [0.717, 1.165) is 0 Å². The van der Waals surface area contributed by atoms with E-state index in [2.05, 4.69) is 0 Å². The van der Waals surface area contributed by atoms with E-state index >= 15 is 0 Å². The highest BCUT2D eigenvalue weighted by Gasteiger charge is 2.59. The molecule has 0 aliphatic carbocycles. The first-order chi connectivity index (χ1) is 9.35. The van der Waals surface area contributed by atoms with Gasteiger partial charge in [0, 0.05) is 0 Å². The van der Waals surface area contributed by atoms with Crippen LogP contribution in [0.2, 0.25) is 0 Å². The second-order valence-electron chi connectivity index (χ2n) is 4.86. The Morgan fingerprint density at radius 2 is 1.90 bits per heavy atom. The molecule has 2 fully saturated rings. The third-order valence-electron chi connectivity index (χ3n) is 3.22. The maximum atomic E-state index is 11.9. The molecule has 8 nitrogen and oxygen atoms in total. The van der Waals surface area contributed by atoms with Gasteiger partial charge in [-0.15, -0.1) is 0 Å². The third kappa shape index (κ3) is 2.26. The number of aliphatic hydroxyl groups is 1. The van der Waals surface area contributed by atoms with Crippen molar-refractivity contribution in [2.75, 3.05) is 0 Å². The second-order valence-corrected chi connectivity index (χ2v) is 4.86. The van der Waals surface area contributed by atoms with Crippen LogP contribution in [0.5, 0.6) is 0 Å². The van der Waals surface area contributed by atoms with Gasteiger partial charge in [-0.05, 0) is 6.42 Å². The number of rotatable bonds is 3. The summed E-state index contributed by atoms with van der Waals surface area (Å²) in [6, 6.07) is 0. The number of cyclic esters (lactones) is 1. The zero-order chi connectivity index (χ0) is 15.0. The molecule has 0 saturated carbocycles. The smallest absolute Gasteiger partial charge is 0.350 e. The summed E-state index contributed by atoms with van der Waals surface area (Å²) < 4.78 is 14.7. The molecular weight excluding hydrogens is 272 g/mol. The minimum atomic E-state index is -2.36. The topological polar surface area (TPSA) is 116 Å². The van der Waals surface area contributed by atoms with Crippen LogP contribution in [-0.4, -0.2) is 46.8 Å². The van der Waals surface area contributed by atoms with Crippen LogP contribution in [0.1, 0.15) is 32.6 Å². The number of hydrogen-bond acceptors (Lipinski definition) is 8. The van der Waals surface area contributed by atoms with Crippen LogP contribution >= 0.6 is 0 Å². The number of ether oxygens (including phenoxy) is 3. The molecule has 2 saturated heterocycles. The minimum absolute atomic E-state index is 0.105. The van der Waals surface area contributed by atoms with Gasteiger partial charge in [0.2, 0.25) is 6.29 Å². The van der Waals surface area contributed by atoms with Crippen molar-refractivity contribution in [1.82, 2.24) is 0 Å². The van der Waals surface area contributed by atoms with Gasteiger partial charge >= 0.3 is 23.7 Å². The molecule has 0 aromatic heterocycles. The molecule has 2 heterocycles. The monoisotopic (exact) mass is 286 g/mol. The normalized spacial score (nSPS) is 37.1. The lowest BCUT2D eigenvalue weighted by atomic mass is 9.95. The van der Waals surface area contributed by atoms with Gasteiger partial charge in [-0.3, -0.25) is 14.4 Å². The van der Waals surface area contributed by atoms with E-state index in [4.69, 9.17) is 14.2 Å². The van der Waals surface area contributed by atoms with Crippen LogP contribution < -0.4 is 0 Å². The predicted molar refractivity (Wildman–Crippen MR) is 60.0 cm³/mol. The number of fused-ring (bicyclic) bond motifs is 3. The maximum absolute atomic E-state index is 11.9. The molecule has 0 spiro atoms. The van der Waals surface area contributed by atoms with Gasteiger partial charge in [0.1, 0.15) is 0 Å². The van der Waals surface area contributed by atoms with Crippen LogP contribution in [0.15, 0.2) is 0 Å². The lowest BCUT2D eigenvalue weighted by molar-refractivity contribution is -0.254. The lowest BCUT2D eigenvalue weighted by Gasteiger charge is -2.35. The summed E-state index contributed by atoms with van der Waals surface area (Å²) in [5.41, 5.74) is -2.36. The molecule has 2 aliphatic rings. The number of carbonyl (C=O) groups excluding carboxylic acids is 4. The zero-order valence-corrected chi connectivity index (χ0v) is 10.8. The van der Waals surface area contributed by atoms with E-state index in [1.165, 1.54) is 0 Å². The highest BCUT2D eigenvalue weighted by atomic mass is 16.8. The van der Waals surface area contributed by atoms with Crippen LogP contribution in [-0.2, 0) is 33.4 Å². The second kappa shape index (κ2) is 4.86. The molecular formula is C12H14O8. The molecule has 2 bridgehead atoms. The number of carbonyl (C=O) groups is 4. The Balaban J connectivity index is 2.52. The molecule has 1 N–H and O–H groups in total. The Bertz CT molecular complexity index is 472. The number of aldehydes is 1. The highest BCUT2D eigenvalue weighted by Crippen LogP contribution is 2.35. The predicted octanol–water partition coefficient (Wildman–Crippen LogP) is -0.782. The summed E-state index contributed by atoms with van der Waals surface area (Å²) in [5, 5.41) is 10.0. The molecule has 2 rings (SSSR count). The number of hydrogen-bond donors (Lipinski definition) is 1. The Hall–Kier alpha value is -1.96. The van der Waals surface area contributed by atoms with E-state index in [1.54, 1.807) is 6.92 Å². The van der Waals surface area contributed by atoms with Crippen molar-refractivity contribution in [3.8, 4) is 0 Å². The van der Waals surface area contributed by atoms with Crippen molar-refractivity contribution in [3.05, 3.63) is 0 Å². The van der Waals surface area contributed by atoms with Crippen molar-refractivity contribution in [2.45, 2.75) is 50.1 Å². The fourth-order valence-corrected chi connectivity index (χ4v) is 2.22. The first-order valence-electron chi connectivity index (χ1n) is 6.18. The van der Waals surface area contributed by atoms with Gasteiger partial charge in [-0.2, -0.15) is 0 Å². The largest absolute Gasteiger partial charge is 0.453 e. The quantitative estimate of drug-likeness (QED) is 0.530. The molecule has 8 heteroatoms. The van der Waals surface area contributed by atoms with Crippen molar-refractivity contribution in [2.24, 2.45) is 0 Å². The van der Waals surface area contributed by atoms with Crippen LogP contribution in [0, 0.1) is 0 Å². The van der Waals surface area contributed by atoms with Crippen molar-refractivity contribution in [3.63, 3.8) is 0 Å². The Kier molecular flexibility index (Phi) is 3.51. The Labute approximate surface area is 114 Å². The van der Waals surface area contributed by atoms with Crippen molar-refractivity contribution >= 4 is 24.2 Å². The summed E-state index contributed by atoms with van der Waals surface area (Å²) in [4.78, 5) is 46.6. The van der Waals surface area contributed by atoms with Gasteiger partial charge in [0.25, 0.3) is 0 Å². The van der Waals surface area contributed by atoms with E-state index in [9.17, 15) is 24.3 Å². The van der Waals surface area contributed by atoms with E-state index in [1.807, 2.05) is 0 Å². The summed E-state index contributed by atoms with van der Waals surface area (Å²) in [6.45, 7) is 1.75. The van der Waals surface area contributed by atoms with Gasteiger partial charge in [-0.1, -0.05) is 13.3 Å². The third-order valence-corrected chi connectivity index (χ3v) is 3.22. The lowest BCUT2D eigenvalue weighted by Crippen LogP contribution is -2.56. The molecule has 20 heavy (non-hydrogen) atoms. The average Bonchev–Trinajstić information content (AvgIpc) is 2.41. The summed E-state index contributed by atoms with van der Waals surface area (Å²) in [5.74, 6) is -5.48. The van der Waals surface area contributed by atoms with E-state index < -0.39 is 48.2 Å². The fourth-order valence-electron chi connectivity index (χ4n) is 2.22. The van der Waals surface area contributed by atoms with E-state index in [0.29, 0.717) is 6.42 Å². The average molecular weight is 286 g/mol. The molecule has 3 atom stereocenters. The van der Waals surface area contributed by atoms with Gasteiger partial charge < -0.3 is 19.3 Å². The van der Waals surface area contributed by atoms with Gasteiger partial charge in [0.05, 0.1) is 12.8 Å². The molecule has 0 amide bonds. The van der Waals surface area contributed by atoms with Crippen LogP contribution in [0.4, 0.5) is 0 Å². The summed E-state index contributed by atoms with van der Waals surface area (Å²) in [7, 11) is 0. The fraction of sp³-hybridized carbons (Fsp3) is 0.667. The molecule has 110 valence electrons. The summed E-state index contributed by atoms with van der Waals surface area (Å²) in [6.07, 6.45) is -1.97. The standard InChI is InChI=1S/C12H14O8/c1-2-3-7-12(6-13)19-9(15)5-11(17,10(16)20-12)4-8(14)18-7/h6-7,17H,2-5H2,1H3. The maximum Gasteiger partial charge on any atom is 0.350 e. The molecule has 2 aliphatic heterocycles. The summed E-state index contributed by atoms with van der Waals surface area (Å²) >= 11 is 0. The van der Waals surface area contributed by atoms with Crippen molar-refractivity contribution < 1.29 is 38.5 Å². The molecule has 0 aromatic carbocycles. The Morgan fingerprint density at radius 1 is 1.25 bits per heavy atom. The first kappa shape index (κ1) is 14.4. The van der Waals surface area contributed by atoms with E-state index in [-0.39, 0.29) is 12.7 Å². The minimum Gasteiger partial charge on any atom is -0.453 e. The van der Waals surface area contributed by atoms with Gasteiger partial charge in [0.15, 0.2) is 11.7 Å². The van der Waals surface area contributed by atoms with Crippen LogP contribution in [0.25, 0.3) is 0 Å². The molecule has 0 radical (unpaired) electrons.